The Balaban J connectivity index is 1.46. The molecule has 166 valence electrons. The first-order valence-corrected chi connectivity index (χ1v) is 10.8. The maximum Gasteiger partial charge on any atom is 0.253 e. The van der Waals surface area contributed by atoms with Crippen molar-refractivity contribution in [3.05, 3.63) is 108 Å². The van der Waals surface area contributed by atoms with Crippen LogP contribution in [0.25, 0.3) is 0 Å². The van der Waals surface area contributed by atoms with Crippen molar-refractivity contribution in [1.82, 2.24) is 10.8 Å². The van der Waals surface area contributed by atoms with E-state index in [1.807, 2.05) is 80.6 Å². The van der Waals surface area contributed by atoms with Gasteiger partial charge in [-0.2, -0.15) is 0 Å². The molecule has 5 nitrogen and oxygen atoms in total. The molecule has 0 atom stereocenters. The van der Waals surface area contributed by atoms with Crippen LogP contribution >= 0.6 is 0 Å². The van der Waals surface area contributed by atoms with Crippen molar-refractivity contribution in [2.24, 2.45) is 0 Å². The highest BCUT2D eigenvalue weighted by atomic mass is 16.7. The van der Waals surface area contributed by atoms with Crippen LogP contribution in [0.15, 0.2) is 91.0 Å². The minimum Gasteiger partial charge on any atom is -0.354 e. The predicted molar refractivity (Wildman–Crippen MR) is 126 cm³/mol. The number of benzene rings is 3. The number of amides is 2. The number of hydrogen-bond donors (Lipinski definition) is 2. The second kappa shape index (κ2) is 11.3. The topological polar surface area (TPSA) is 67.4 Å². The Morgan fingerprint density at radius 3 is 1.84 bits per heavy atom. The minimum atomic E-state index is -0.768. The Bertz CT molecular complexity index is 950. The molecule has 0 radical (unpaired) electrons. The molecule has 0 bridgehead atoms. The summed E-state index contributed by atoms with van der Waals surface area (Å²) in [6, 6.07) is 30.0. The van der Waals surface area contributed by atoms with E-state index in [1.165, 1.54) is 11.1 Å². The van der Waals surface area contributed by atoms with Crippen LogP contribution in [0.3, 0.4) is 0 Å². The third-order valence-corrected chi connectivity index (χ3v) is 5.59. The van der Waals surface area contributed by atoms with Crippen LogP contribution in [0.5, 0.6) is 0 Å². The summed E-state index contributed by atoms with van der Waals surface area (Å²) >= 11 is 0. The molecule has 2 N–H and O–H groups in total. The first-order valence-electron chi connectivity index (χ1n) is 10.8. The molecule has 0 fully saturated rings. The average Bonchev–Trinajstić information content (AvgIpc) is 2.83. The van der Waals surface area contributed by atoms with Crippen molar-refractivity contribution in [1.29, 1.82) is 0 Å². The second-order valence-electron chi connectivity index (χ2n) is 8.22. The lowest BCUT2D eigenvalue weighted by Gasteiger charge is -2.23. The molecule has 0 heterocycles. The van der Waals surface area contributed by atoms with E-state index < -0.39 is 5.41 Å². The van der Waals surface area contributed by atoms with Crippen molar-refractivity contribution in [2.75, 3.05) is 13.2 Å². The van der Waals surface area contributed by atoms with E-state index in [2.05, 4.69) is 35.1 Å². The average molecular weight is 431 g/mol. The second-order valence-corrected chi connectivity index (χ2v) is 8.22. The van der Waals surface area contributed by atoms with Crippen molar-refractivity contribution in [2.45, 2.75) is 31.6 Å². The third-order valence-electron chi connectivity index (χ3n) is 5.59. The lowest BCUT2D eigenvalue weighted by Crippen LogP contribution is -2.42. The molecular weight excluding hydrogens is 400 g/mol. The first kappa shape index (κ1) is 23.2. The van der Waals surface area contributed by atoms with Gasteiger partial charge in [0.05, 0.1) is 5.41 Å². The molecule has 3 aromatic rings. The summed E-state index contributed by atoms with van der Waals surface area (Å²) in [6.07, 6.45) is 0.757. The molecule has 0 saturated heterocycles. The van der Waals surface area contributed by atoms with Crippen LogP contribution in [0.2, 0.25) is 0 Å². The van der Waals surface area contributed by atoms with Crippen molar-refractivity contribution >= 4 is 11.8 Å². The maximum absolute atomic E-state index is 12.5. The van der Waals surface area contributed by atoms with E-state index in [-0.39, 0.29) is 24.3 Å². The van der Waals surface area contributed by atoms with E-state index >= 15 is 0 Å². The molecule has 32 heavy (non-hydrogen) atoms. The molecule has 0 spiro atoms. The fourth-order valence-corrected chi connectivity index (χ4v) is 3.58. The van der Waals surface area contributed by atoms with Gasteiger partial charge in [0, 0.05) is 12.5 Å². The van der Waals surface area contributed by atoms with Gasteiger partial charge in [-0.3, -0.25) is 14.4 Å². The van der Waals surface area contributed by atoms with Crippen molar-refractivity contribution in [3.8, 4) is 0 Å². The van der Waals surface area contributed by atoms with E-state index in [1.54, 1.807) is 0 Å². The highest BCUT2D eigenvalue weighted by Crippen LogP contribution is 2.27. The summed E-state index contributed by atoms with van der Waals surface area (Å²) in [5.74, 6) is -0.391. The van der Waals surface area contributed by atoms with Crippen LogP contribution < -0.4 is 10.8 Å². The molecule has 3 aromatic carbocycles. The molecule has 0 aliphatic heterocycles. The highest BCUT2D eigenvalue weighted by Gasteiger charge is 2.29. The Morgan fingerprint density at radius 1 is 0.812 bits per heavy atom. The number of hydroxylamine groups is 1. The van der Waals surface area contributed by atoms with E-state index in [4.69, 9.17) is 4.84 Å². The highest BCUT2D eigenvalue weighted by molar-refractivity contribution is 5.86. The van der Waals surface area contributed by atoms with E-state index in [9.17, 15) is 9.59 Å². The van der Waals surface area contributed by atoms with Gasteiger partial charge in [0.1, 0.15) is 0 Å². The SMILES string of the molecule is CC(C)(C(=O)NOCC(=O)NCCC(c1ccccc1)c1ccccc1)c1ccccc1. The molecular formula is C27H30N2O3. The van der Waals surface area contributed by atoms with Crippen LogP contribution in [0.1, 0.15) is 42.9 Å². The monoisotopic (exact) mass is 430 g/mol. The lowest BCUT2D eigenvalue weighted by molar-refractivity contribution is -0.142. The number of carbonyl (C=O) groups is 2. The summed E-state index contributed by atoms with van der Waals surface area (Å²) in [5.41, 5.74) is 4.93. The summed E-state index contributed by atoms with van der Waals surface area (Å²) in [7, 11) is 0. The molecule has 3 rings (SSSR count). The largest absolute Gasteiger partial charge is 0.354 e. The van der Waals surface area contributed by atoms with Gasteiger partial charge in [0.25, 0.3) is 5.91 Å². The summed E-state index contributed by atoms with van der Waals surface area (Å²) in [4.78, 5) is 29.9. The number of nitrogens with one attached hydrogen (secondary N) is 2. The molecule has 0 aliphatic rings. The molecule has 2 amide bonds. The molecule has 0 saturated carbocycles. The normalized spacial score (nSPS) is 11.2. The molecule has 0 aliphatic carbocycles. The van der Waals surface area contributed by atoms with Gasteiger partial charge in [-0.25, -0.2) is 5.48 Å². The van der Waals surface area contributed by atoms with Crippen molar-refractivity contribution < 1.29 is 14.4 Å². The minimum absolute atomic E-state index is 0.185. The lowest BCUT2D eigenvalue weighted by atomic mass is 9.84. The standard InChI is InChI=1S/C27H30N2O3/c1-27(2,23-16-10-5-11-17-23)26(31)29-32-20-25(30)28-19-18-24(21-12-6-3-7-13-21)22-14-8-4-9-15-22/h3-17,24H,18-20H2,1-2H3,(H,28,30)(H,29,31). The van der Waals surface area contributed by atoms with Gasteiger partial charge < -0.3 is 5.32 Å². The van der Waals surface area contributed by atoms with Crippen LogP contribution in [-0.4, -0.2) is 25.0 Å². The number of hydrogen-bond acceptors (Lipinski definition) is 3. The summed E-state index contributed by atoms with van der Waals surface area (Å²) in [6.45, 7) is 3.89. The van der Waals surface area contributed by atoms with Gasteiger partial charge in [-0.05, 0) is 37.0 Å². The van der Waals surface area contributed by atoms with Crippen molar-refractivity contribution in [3.63, 3.8) is 0 Å². The zero-order valence-electron chi connectivity index (χ0n) is 18.6. The number of rotatable bonds is 10. The summed E-state index contributed by atoms with van der Waals surface area (Å²) in [5, 5.41) is 2.88. The zero-order chi connectivity index (χ0) is 22.8. The van der Waals surface area contributed by atoms with Gasteiger partial charge >= 0.3 is 0 Å². The van der Waals surface area contributed by atoms with Crippen LogP contribution in [0, 0.1) is 0 Å². The van der Waals surface area contributed by atoms with Gasteiger partial charge in [-0.15, -0.1) is 0 Å². The Labute approximate surface area is 189 Å². The Morgan fingerprint density at radius 2 is 1.31 bits per heavy atom. The maximum atomic E-state index is 12.5. The molecule has 0 unspecified atom stereocenters. The van der Waals surface area contributed by atoms with Gasteiger partial charge in [0.15, 0.2) is 6.61 Å². The summed E-state index contributed by atoms with van der Waals surface area (Å²) < 4.78 is 0. The van der Waals surface area contributed by atoms with Gasteiger partial charge in [0.2, 0.25) is 5.91 Å². The number of carbonyl (C=O) groups excluding carboxylic acids is 2. The van der Waals surface area contributed by atoms with Crippen LogP contribution in [-0.2, 0) is 19.8 Å². The fourth-order valence-electron chi connectivity index (χ4n) is 3.58. The smallest absolute Gasteiger partial charge is 0.253 e. The third kappa shape index (κ3) is 6.28. The zero-order valence-corrected chi connectivity index (χ0v) is 18.6. The molecule has 0 aromatic heterocycles. The van der Waals surface area contributed by atoms with Crippen LogP contribution in [0.4, 0.5) is 0 Å². The Hall–Kier alpha value is -3.44. The van der Waals surface area contributed by atoms with Gasteiger partial charge in [-0.1, -0.05) is 91.0 Å². The fraction of sp³-hybridized carbons (Fsp3) is 0.259. The predicted octanol–water partition coefficient (Wildman–Crippen LogP) is 4.35. The van der Waals surface area contributed by atoms with E-state index in [0.29, 0.717) is 6.54 Å². The molecule has 5 heteroatoms. The first-order chi connectivity index (χ1) is 15.5. The van der Waals surface area contributed by atoms with E-state index in [0.717, 1.165) is 12.0 Å². The Kier molecular flexibility index (Phi) is 8.17. The quantitative estimate of drug-likeness (QED) is 0.470.